The lowest BCUT2D eigenvalue weighted by atomic mass is 10.1. The first-order chi connectivity index (χ1) is 14.0. The largest absolute Gasteiger partial charge is 0.497 e. The van der Waals surface area contributed by atoms with Crippen molar-refractivity contribution >= 4 is 35.0 Å². The van der Waals surface area contributed by atoms with E-state index in [1.807, 2.05) is 49.4 Å². The van der Waals surface area contributed by atoms with Crippen molar-refractivity contribution in [2.45, 2.75) is 11.8 Å². The molecule has 0 aliphatic carbocycles. The predicted molar refractivity (Wildman–Crippen MR) is 118 cm³/mol. The van der Waals surface area contributed by atoms with Gasteiger partial charge in [0.1, 0.15) is 5.75 Å². The van der Waals surface area contributed by atoms with Gasteiger partial charge in [0.05, 0.1) is 12.9 Å². The van der Waals surface area contributed by atoms with E-state index in [9.17, 15) is 9.59 Å². The summed E-state index contributed by atoms with van der Waals surface area (Å²) in [6, 6.07) is 22.1. The standard InChI is InChI=1S/C23H22N2O3S/c1-16-4-3-5-17(14-16)23(27)25-19-8-12-21(13-9-19)29-15-22(26)24-18-6-10-20(28-2)11-7-18/h3-14H,15H2,1-2H3,(H,24,26)(H,25,27). The Kier molecular flexibility index (Phi) is 6.92. The Morgan fingerprint density at radius 1 is 0.897 bits per heavy atom. The molecule has 0 fully saturated rings. The van der Waals surface area contributed by atoms with Crippen LogP contribution in [0, 0.1) is 6.92 Å². The van der Waals surface area contributed by atoms with Gasteiger partial charge in [-0.15, -0.1) is 11.8 Å². The van der Waals surface area contributed by atoms with Gasteiger partial charge in [-0.05, 0) is 67.6 Å². The maximum atomic E-state index is 12.3. The molecule has 2 amide bonds. The van der Waals surface area contributed by atoms with Crippen molar-refractivity contribution in [1.29, 1.82) is 0 Å². The van der Waals surface area contributed by atoms with Crippen LogP contribution in [0.15, 0.2) is 77.7 Å². The van der Waals surface area contributed by atoms with E-state index in [0.29, 0.717) is 17.0 Å². The molecule has 6 heteroatoms. The Morgan fingerprint density at radius 3 is 2.21 bits per heavy atom. The summed E-state index contributed by atoms with van der Waals surface area (Å²) in [5.41, 5.74) is 3.10. The summed E-state index contributed by atoms with van der Waals surface area (Å²) < 4.78 is 5.10. The molecule has 0 aliphatic rings. The molecule has 0 spiro atoms. The SMILES string of the molecule is COc1ccc(NC(=O)CSc2ccc(NC(=O)c3cccc(C)c3)cc2)cc1. The molecule has 0 aliphatic heterocycles. The van der Waals surface area contributed by atoms with Crippen LogP contribution < -0.4 is 15.4 Å². The summed E-state index contributed by atoms with van der Waals surface area (Å²) in [5.74, 6) is 0.804. The van der Waals surface area contributed by atoms with E-state index in [2.05, 4.69) is 10.6 Å². The van der Waals surface area contributed by atoms with E-state index in [-0.39, 0.29) is 11.8 Å². The summed E-state index contributed by atoms with van der Waals surface area (Å²) in [5, 5.41) is 5.73. The number of carbonyl (C=O) groups is 2. The molecule has 0 saturated carbocycles. The zero-order valence-corrected chi connectivity index (χ0v) is 17.1. The van der Waals surface area contributed by atoms with Gasteiger partial charge < -0.3 is 15.4 Å². The second-order valence-electron chi connectivity index (χ2n) is 6.41. The Hall–Kier alpha value is -3.25. The molecule has 148 valence electrons. The van der Waals surface area contributed by atoms with Gasteiger partial charge in [-0.25, -0.2) is 0 Å². The van der Waals surface area contributed by atoms with Crippen molar-refractivity contribution in [2.75, 3.05) is 23.5 Å². The van der Waals surface area contributed by atoms with Gasteiger partial charge in [-0.1, -0.05) is 17.7 Å². The number of amides is 2. The average Bonchev–Trinajstić information content (AvgIpc) is 2.74. The Balaban J connectivity index is 1.49. The van der Waals surface area contributed by atoms with Crippen molar-refractivity contribution in [1.82, 2.24) is 0 Å². The molecule has 0 radical (unpaired) electrons. The normalized spacial score (nSPS) is 10.3. The molecule has 0 bridgehead atoms. The summed E-state index contributed by atoms with van der Waals surface area (Å²) in [6.07, 6.45) is 0. The molecular weight excluding hydrogens is 384 g/mol. The van der Waals surface area contributed by atoms with E-state index in [1.165, 1.54) is 11.8 Å². The van der Waals surface area contributed by atoms with Crippen LogP contribution in [0.3, 0.4) is 0 Å². The molecule has 5 nitrogen and oxygen atoms in total. The summed E-state index contributed by atoms with van der Waals surface area (Å²) >= 11 is 1.43. The molecule has 3 aromatic carbocycles. The van der Waals surface area contributed by atoms with E-state index in [1.54, 1.807) is 37.4 Å². The van der Waals surface area contributed by atoms with Crippen LogP contribution in [-0.4, -0.2) is 24.7 Å². The number of aryl methyl sites for hydroxylation is 1. The highest BCUT2D eigenvalue weighted by Gasteiger charge is 2.07. The number of ether oxygens (including phenoxy) is 1. The van der Waals surface area contributed by atoms with Crippen LogP contribution in [0.5, 0.6) is 5.75 Å². The van der Waals surface area contributed by atoms with Gasteiger partial charge in [-0.2, -0.15) is 0 Å². The van der Waals surface area contributed by atoms with Crippen LogP contribution in [0.4, 0.5) is 11.4 Å². The lowest BCUT2D eigenvalue weighted by Gasteiger charge is -2.08. The number of carbonyl (C=O) groups excluding carboxylic acids is 2. The van der Waals surface area contributed by atoms with Crippen molar-refractivity contribution in [3.63, 3.8) is 0 Å². The maximum Gasteiger partial charge on any atom is 0.255 e. The Morgan fingerprint density at radius 2 is 1.55 bits per heavy atom. The van der Waals surface area contributed by atoms with Crippen LogP contribution in [0.1, 0.15) is 15.9 Å². The maximum absolute atomic E-state index is 12.3. The highest BCUT2D eigenvalue weighted by atomic mass is 32.2. The van der Waals surface area contributed by atoms with Crippen molar-refractivity contribution in [3.05, 3.63) is 83.9 Å². The summed E-state index contributed by atoms with van der Waals surface area (Å²) in [6.45, 7) is 1.95. The summed E-state index contributed by atoms with van der Waals surface area (Å²) in [7, 11) is 1.60. The zero-order valence-electron chi connectivity index (χ0n) is 16.3. The second-order valence-corrected chi connectivity index (χ2v) is 7.46. The third kappa shape index (κ3) is 6.12. The molecule has 0 saturated heterocycles. The predicted octanol–water partition coefficient (Wildman–Crippen LogP) is 4.99. The highest BCUT2D eigenvalue weighted by molar-refractivity contribution is 8.00. The van der Waals surface area contributed by atoms with Crippen molar-refractivity contribution < 1.29 is 14.3 Å². The van der Waals surface area contributed by atoms with Gasteiger partial charge in [0.2, 0.25) is 5.91 Å². The molecule has 0 atom stereocenters. The molecule has 0 aromatic heterocycles. The number of benzene rings is 3. The molecule has 3 aromatic rings. The topological polar surface area (TPSA) is 67.4 Å². The number of hydrogen-bond donors (Lipinski definition) is 2. The van der Waals surface area contributed by atoms with Crippen molar-refractivity contribution in [3.8, 4) is 5.75 Å². The van der Waals surface area contributed by atoms with Gasteiger partial charge in [0, 0.05) is 21.8 Å². The van der Waals surface area contributed by atoms with Crippen LogP contribution in [0.25, 0.3) is 0 Å². The monoisotopic (exact) mass is 406 g/mol. The molecule has 0 unspecified atom stereocenters. The quantitative estimate of drug-likeness (QED) is 0.543. The number of thioether (sulfide) groups is 1. The van der Waals surface area contributed by atoms with Gasteiger partial charge in [0.25, 0.3) is 5.91 Å². The molecular formula is C23H22N2O3S. The molecule has 29 heavy (non-hydrogen) atoms. The van der Waals surface area contributed by atoms with Crippen molar-refractivity contribution in [2.24, 2.45) is 0 Å². The lowest BCUT2D eigenvalue weighted by molar-refractivity contribution is -0.113. The third-order valence-corrected chi connectivity index (χ3v) is 5.15. The first kappa shape index (κ1) is 20.5. The number of anilines is 2. The zero-order chi connectivity index (χ0) is 20.6. The molecule has 3 rings (SSSR count). The fourth-order valence-electron chi connectivity index (χ4n) is 2.64. The Labute approximate surface area is 174 Å². The number of hydrogen-bond acceptors (Lipinski definition) is 4. The van der Waals surface area contributed by atoms with E-state index < -0.39 is 0 Å². The fourth-order valence-corrected chi connectivity index (χ4v) is 3.34. The minimum Gasteiger partial charge on any atom is -0.497 e. The first-order valence-corrected chi connectivity index (χ1v) is 10.1. The second kappa shape index (κ2) is 9.80. The average molecular weight is 407 g/mol. The minimum absolute atomic E-state index is 0.0861. The van der Waals surface area contributed by atoms with Crippen LogP contribution in [-0.2, 0) is 4.79 Å². The fraction of sp³-hybridized carbons (Fsp3) is 0.130. The third-order valence-electron chi connectivity index (χ3n) is 4.14. The lowest BCUT2D eigenvalue weighted by Crippen LogP contribution is -2.14. The van der Waals surface area contributed by atoms with E-state index in [4.69, 9.17) is 4.74 Å². The minimum atomic E-state index is -0.145. The first-order valence-electron chi connectivity index (χ1n) is 9.08. The smallest absolute Gasteiger partial charge is 0.255 e. The molecule has 2 N–H and O–H groups in total. The molecule has 0 heterocycles. The highest BCUT2D eigenvalue weighted by Crippen LogP contribution is 2.22. The van der Waals surface area contributed by atoms with Gasteiger partial charge >= 0.3 is 0 Å². The van der Waals surface area contributed by atoms with E-state index >= 15 is 0 Å². The number of rotatable bonds is 7. The van der Waals surface area contributed by atoms with Crippen LogP contribution >= 0.6 is 11.8 Å². The van der Waals surface area contributed by atoms with Gasteiger partial charge in [-0.3, -0.25) is 9.59 Å². The van der Waals surface area contributed by atoms with E-state index in [0.717, 1.165) is 21.9 Å². The van der Waals surface area contributed by atoms with Gasteiger partial charge in [0.15, 0.2) is 0 Å². The summed E-state index contributed by atoms with van der Waals surface area (Å²) in [4.78, 5) is 25.4. The van der Waals surface area contributed by atoms with Crippen LogP contribution in [0.2, 0.25) is 0 Å². The Bertz CT molecular complexity index is 986. The number of nitrogens with one attached hydrogen (secondary N) is 2. The number of methoxy groups -OCH3 is 1.